The first-order chi connectivity index (χ1) is 18.7. The molecule has 5 rings (SSSR count). The van der Waals surface area contributed by atoms with E-state index >= 15 is 0 Å². The van der Waals surface area contributed by atoms with Gasteiger partial charge >= 0.3 is 6.18 Å². The van der Waals surface area contributed by atoms with Crippen molar-refractivity contribution in [2.24, 2.45) is 0 Å². The quantitative estimate of drug-likeness (QED) is 0.401. The van der Waals surface area contributed by atoms with Gasteiger partial charge < -0.3 is 14.4 Å². The molecule has 0 bridgehead atoms. The van der Waals surface area contributed by atoms with Crippen LogP contribution in [-0.2, 0) is 19.3 Å². The topological polar surface area (TPSA) is 62.3 Å². The number of alkyl halides is 3. The summed E-state index contributed by atoms with van der Waals surface area (Å²) in [7, 11) is 3.23. The SMILES string of the molecule is COc1cccc(CN2CCN(c3cccc4c3C(=O)N(Cc3ccc(C(F)(F)F)cc3)C4=O)CC2)c1OC. The molecular formula is C29H28F3N3O4. The van der Waals surface area contributed by atoms with Gasteiger partial charge in [0.1, 0.15) is 0 Å². The van der Waals surface area contributed by atoms with Crippen molar-refractivity contribution in [1.29, 1.82) is 0 Å². The van der Waals surface area contributed by atoms with Crippen LogP contribution in [0.4, 0.5) is 18.9 Å². The molecule has 0 saturated carbocycles. The number of hydrogen-bond donors (Lipinski definition) is 0. The van der Waals surface area contributed by atoms with Gasteiger partial charge in [0.2, 0.25) is 0 Å². The molecule has 39 heavy (non-hydrogen) atoms. The number of imide groups is 1. The van der Waals surface area contributed by atoms with Gasteiger partial charge in [-0.15, -0.1) is 0 Å². The summed E-state index contributed by atoms with van der Waals surface area (Å²) < 4.78 is 49.7. The first kappa shape index (κ1) is 26.6. The van der Waals surface area contributed by atoms with Gasteiger partial charge in [0.15, 0.2) is 11.5 Å². The zero-order valence-corrected chi connectivity index (χ0v) is 21.6. The molecule has 0 atom stereocenters. The predicted molar refractivity (Wildman–Crippen MR) is 139 cm³/mol. The van der Waals surface area contributed by atoms with Gasteiger partial charge in [0.05, 0.1) is 43.1 Å². The Labute approximate surface area is 224 Å². The van der Waals surface area contributed by atoms with E-state index in [0.717, 1.165) is 35.7 Å². The lowest BCUT2D eigenvalue weighted by molar-refractivity contribution is -0.137. The molecule has 0 spiro atoms. The number of anilines is 1. The van der Waals surface area contributed by atoms with Crippen LogP contribution in [0.2, 0.25) is 0 Å². The van der Waals surface area contributed by atoms with Crippen molar-refractivity contribution in [2.75, 3.05) is 45.3 Å². The van der Waals surface area contributed by atoms with Gasteiger partial charge in [-0.3, -0.25) is 19.4 Å². The van der Waals surface area contributed by atoms with Crippen LogP contribution < -0.4 is 14.4 Å². The highest BCUT2D eigenvalue weighted by Crippen LogP contribution is 2.35. The Kier molecular flexibility index (Phi) is 7.22. The number of carbonyl (C=O) groups is 2. The van der Waals surface area contributed by atoms with E-state index in [2.05, 4.69) is 9.80 Å². The van der Waals surface area contributed by atoms with E-state index in [-0.39, 0.29) is 6.54 Å². The Morgan fingerprint density at radius 3 is 2.13 bits per heavy atom. The molecule has 7 nitrogen and oxygen atoms in total. The Hall–Kier alpha value is -4.05. The van der Waals surface area contributed by atoms with Gasteiger partial charge in [0.25, 0.3) is 11.8 Å². The third kappa shape index (κ3) is 5.16. The van der Waals surface area contributed by atoms with Crippen molar-refractivity contribution in [1.82, 2.24) is 9.80 Å². The summed E-state index contributed by atoms with van der Waals surface area (Å²) in [6.45, 7) is 3.37. The minimum absolute atomic E-state index is 0.0972. The third-order valence-corrected chi connectivity index (χ3v) is 7.19. The Morgan fingerprint density at radius 1 is 0.795 bits per heavy atom. The van der Waals surface area contributed by atoms with E-state index in [1.807, 2.05) is 24.3 Å². The van der Waals surface area contributed by atoms with Gasteiger partial charge in [0, 0.05) is 38.3 Å². The summed E-state index contributed by atoms with van der Waals surface area (Å²) in [4.78, 5) is 32.0. The molecule has 0 aromatic heterocycles. The molecule has 0 N–H and O–H groups in total. The highest BCUT2D eigenvalue weighted by Gasteiger charge is 2.39. The minimum atomic E-state index is -4.45. The largest absolute Gasteiger partial charge is 0.493 e. The number of rotatable bonds is 7. The molecule has 3 aromatic carbocycles. The van der Waals surface area contributed by atoms with Crippen LogP contribution in [0.15, 0.2) is 60.7 Å². The fourth-order valence-electron chi connectivity index (χ4n) is 5.17. The molecule has 1 saturated heterocycles. The molecule has 0 unspecified atom stereocenters. The molecule has 2 aliphatic heterocycles. The lowest BCUT2D eigenvalue weighted by Crippen LogP contribution is -2.46. The molecule has 0 aliphatic carbocycles. The Morgan fingerprint density at radius 2 is 1.49 bits per heavy atom. The van der Waals surface area contributed by atoms with E-state index in [1.165, 1.54) is 12.1 Å². The number of ether oxygens (including phenoxy) is 2. The van der Waals surface area contributed by atoms with Crippen LogP contribution >= 0.6 is 0 Å². The first-order valence-electron chi connectivity index (χ1n) is 12.5. The summed E-state index contributed by atoms with van der Waals surface area (Å²) in [6, 6.07) is 15.5. The van der Waals surface area contributed by atoms with E-state index in [4.69, 9.17) is 9.47 Å². The van der Waals surface area contributed by atoms with Crippen LogP contribution in [-0.4, -0.2) is 62.0 Å². The summed E-state index contributed by atoms with van der Waals surface area (Å²) in [6.07, 6.45) is -4.45. The fourth-order valence-corrected chi connectivity index (χ4v) is 5.17. The number of hydrogen-bond acceptors (Lipinski definition) is 6. The number of para-hydroxylation sites is 1. The van der Waals surface area contributed by atoms with E-state index in [0.29, 0.717) is 53.5 Å². The van der Waals surface area contributed by atoms with Crippen LogP contribution in [0.3, 0.4) is 0 Å². The molecule has 2 heterocycles. The number of fused-ring (bicyclic) bond motifs is 1. The summed E-state index contributed by atoms with van der Waals surface area (Å²) in [5, 5.41) is 0. The Balaban J connectivity index is 1.29. The van der Waals surface area contributed by atoms with Crippen LogP contribution in [0.5, 0.6) is 11.5 Å². The molecular weight excluding hydrogens is 511 g/mol. The minimum Gasteiger partial charge on any atom is -0.493 e. The van der Waals surface area contributed by atoms with Crippen LogP contribution in [0.25, 0.3) is 0 Å². The highest BCUT2D eigenvalue weighted by molar-refractivity contribution is 6.23. The smallest absolute Gasteiger partial charge is 0.416 e. The van der Waals surface area contributed by atoms with Crippen molar-refractivity contribution in [3.05, 3.63) is 88.5 Å². The van der Waals surface area contributed by atoms with Crippen molar-refractivity contribution >= 4 is 17.5 Å². The van der Waals surface area contributed by atoms with Gasteiger partial charge in [-0.1, -0.05) is 30.3 Å². The summed E-state index contributed by atoms with van der Waals surface area (Å²) >= 11 is 0. The van der Waals surface area contributed by atoms with Gasteiger partial charge in [-0.05, 0) is 35.9 Å². The van der Waals surface area contributed by atoms with Crippen molar-refractivity contribution in [3.8, 4) is 11.5 Å². The number of nitrogens with zero attached hydrogens (tertiary/aromatic N) is 3. The van der Waals surface area contributed by atoms with Crippen LogP contribution in [0.1, 0.15) is 37.4 Å². The lowest BCUT2D eigenvalue weighted by atomic mass is 10.1. The van der Waals surface area contributed by atoms with Crippen molar-refractivity contribution < 1.29 is 32.2 Å². The molecule has 1 fully saturated rings. The zero-order valence-electron chi connectivity index (χ0n) is 21.6. The van der Waals surface area contributed by atoms with E-state index in [1.54, 1.807) is 26.4 Å². The monoisotopic (exact) mass is 539 g/mol. The Bertz CT molecular complexity index is 1380. The number of benzene rings is 3. The molecule has 10 heteroatoms. The number of carbonyl (C=O) groups excluding carboxylic acids is 2. The molecule has 2 amide bonds. The third-order valence-electron chi connectivity index (χ3n) is 7.19. The maximum absolute atomic E-state index is 13.4. The standard InChI is InChI=1S/C29H28F3N3O4/c1-38-24-8-3-5-20(26(24)39-2)18-33-13-15-34(16-14-33)23-7-4-6-22-25(23)28(37)35(27(22)36)17-19-9-11-21(12-10-19)29(30,31)32/h3-12H,13-18H2,1-2H3. The van der Waals surface area contributed by atoms with Gasteiger partial charge in [-0.25, -0.2) is 0 Å². The number of halogens is 3. The fraction of sp³-hybridized carbons (Fsp3) is 0.310. The second-order valence-electron chi connectivity index (χ2n) is 9.51. The average molecular weight is 540 g/mol. The van der Waals surface area contributed by atoms with E-state index < -0.39 is 23.6 Å². The molecule has 204 valence electrons. The lowest BCUT2D eigenvalue weighted by Gasteiger charge is -2.37. The molecule has 0 radical (unpaired) electrons. The van der Waals surface area contributed by atoms with E-state index in [9.17, 15) is 22.8 Å². The van der Waals surface area contributed by atoms with Crippen LogP contribution in [0, 0.1) is 0 Å². The number of piperazine rings is 1. The number of amides is 2. The van der Waals surface area contributed by atoms with Crippen molar-refractivity contribution in [3.63, 3.8) is 0 Å². The van der Waals surface area contributed by atoms with Gasteiger partial charge in [-0.2, -0.15) is 13.2 Å². The molecule has 3 aromatic rings. The average Bonchev–Trinajstić information content (AvgIpc) is 3.18. The summed E-state index contributed by atoms with van der Waals surface area (Å²) in [5.41, 5.74) is 2.04. The zero-order chi connectivity index (χ0) is 27.7. The molecule has 2 aliphatic rings. The first-order valence-corrected chi connectivity index (χ1v) is 12.5. The van der Waals surface area contributed by atoms with Crippen molar-refractivity contribution in [2.45, 2.75) is 19.3 Å². The second-order valence-corrected chi connectivity index (χ2v) is 9.51. The normalized spacial score (nSPS) is 16.0. The summed E-state index contributed by atoms with van der Waals surface area (Å²) in [5.74, 6) is 0.507. The number of methoxy groups -OCH3 is 2. The predicted octanol–water partition coefficient (Wildman–Crippen LogP) is 4.84. The maximum Gasteiger partial charge on any atom is 0.416 e. The highest BCUT2D eigenvalue weighted by atomic mass is 19.4. The second kappa shape index (κ2) is 10.6. The maximum atomic E-state index is 13.4.